The minimum atomic E-state index is -1.50. The van der Waals surface area contributed by atoms with Gasteiger partial charge in [-0.25, -0.2) is 0 Å². The van der Waals surface area contributed by atoms with E-state index in [2.05, 4.69) is 146 Å². The van der Waals surface area contributed by atoms with Crippen LogP contribution in [0.2, 0.25) is 98.2 Å². The van der Waals surface area contributed by atoms with Crippen LogP contribution < -0.4 is 0 Å². The Bertz CT molecular complexity index is 687. The molecule has 0 aromatic heterocycles. The second-order valence-corrected chi connectivity index (χ2v) is 41.2. The second-order valence-electron chi connectivity index (χ2n) is 15.4. The molecular weight excluding hydrogens is 608 g/mol. The van der Waals surface area contributed by atoms with Crippen LogP contribution in [0, 0.1) is 11.3 Å². The van der Waals surface area contributed by atoms with Crippen molar-refractivity contribution in [2.75, 3.05) is 27.2 Å². The summed E-state index contributed by atoms with van der Waals surface area (Å²) in [6.07, 6.45) is 0. The molecule has 0 aliphatic heterocycles. The first kappa shape index (κ1) is 42.3. The zero-order chi connectivity index (χ0) is 29.0. The molecule has 0 saturated carbocycles. The first-order chi connectivity index (χ1) is 15.8. The van der Waals surface area contributed by atoms with E-state index in [1.165, 1.54) is 0 Å². The van der Waals surface area contributed by atoms with Gasteiger partial charge in [0.25, 0.3) is 0 Å². The van der Waals surface area contributed by atoms with Crippen LogP contribution >= 0.6 is 0 Å². The van der Waals surface area contributed by atoms with E-state index in [-0.39, 0.29) is 32.7 Å². The third-order valence-corrected chi connectivity index (χ3v) is 18.8. The molecule has 0 saturated heterocycles. The molecule has 0 N–H and O–H groups in total. The molecule has 0 heterocycles. The summed E-state index contributed by atoms with van der Waals surface area (Å²) in [5, 5.41) is 4.66. The van der Waals surface area contributed by atoms with Gasteiger partial charge in [-0.1, -0.05) is 134 Å². The summed E-state index contributed by atoms with van der Waals surface area (Å²) < 4.78 is 4.85. The number of hydrogen-bond acceptors (Lipinski definition) is 2. The molecule has 0 unspecified atom stereocenters. The van der Waals surface area contributed by atoms with E-state index in [0.29, 0.717) is 0 Å². The molecule has 0 radical (unpaired) electrons. The molecule has 0 atom stereocenters. The summed E-state index contributed by atoms with van der Waals surface area (Å²) >= 11 is 0. The van der Waals surface area contributed by atoms with Crippen LogP contribution in [0.3, 0.4) is 0 Å². The van der Waals surface area contributed by atoms with Gasteiger partial charge in [0.05, 0.1) is 0 Å². The Morgan fingerprint density at radius 3 is 1.27 bits per heavy atom. The molecule has 0 amide bonds. The SMILES string of the molecule is CN(C)CC[N-]/C(=N/[Si](C)(C)C)c1ccccc1.C[Si](C)(C)[CH-][Si](C)(C)C.C[Si](C)(C)[CH-][Si](C)(C)C.[Y+3]. The fourth-order valence-electron chi connectivity index (χ4n) is 4.05. The van der Waals surface area contributed by atoms with Crippen molar-refractivity contribution < 1.29 is 32.7 Å². The van der Waals surface area contributed by atoms with Crippen molar-refractivity contribution in [1.82, 2.24) is 4.90 Å². The molecule has 212 valence electrons. The molecule has 9 heteroatoms. The third kappa shape index (κ3) is 34.8. The maximum Gasteiger partial charge on any atom is 3.00 e. The average Bonchev–Trinajstić information content (AvgIpc) is 2.55. The maximum atomic E-state index is 4.85. The summed E-state index contributed by atoms with van der Waals surface area (Å²) in [6.45, 7) is 37.3. The summed E-state index contributed by atoms with van der Waals surface area (Å²) in [5.41, 5.74) is 6.43. The first-order valence-corrected chi connectivity index (χ1v) is 31.3. The predicted octanol–water partition coefficient (Wildman–Crippen LogP) is 9.09. The topological polar surface area (TPSA) is 29.7 Å². The van der Waals surface area contributed by atoms with Crippen LogP contribution in [-0.4, -0.2) is 78.5 Å². The third-order valence-electron chi connectivity index (χ3n) is 4.01. The van der Waals surface area contributed by atoms with Gasteiger partial charge in [-0.15, -0.1) is 32.3 Å². The molecule has 1 rings (SSSR count). The Morgan fingerprint density at radius 1 is 0.676 bits per heavy atom. The Kier molecular flexibility index (Phi) is 20.9. The molecule has 0 bridgehead atoms. The van der Waals surface area contributed by atoms with E-state index in [1.807, 2.05) is 18.2 Å². The predicted molar refractivity (Wildman–Crippen MR) is 185 cm³/mol. The summed E-state index contributed by atoms with van der Waals surface area (Å²) in [4.78, 5) is 2.14. The average molecular weight is 670 g/mol. The van der Waals surface area contributed by atoms with Crippen LogP contribution in [0.15, 0.2) is 35.0 Å². The van der Waals surface area contributed by atoms with Crippen molar-refractivity contribution in [2.45, 2.75) is 98.2 Å². The van der Waals surface area contributed by atoms with Crippen molar-refractivity contribution >= 4 is 46.4 Å². The number of amidine groups is 1. The Hall–Kier alpha value is 0.838. The summed E-state index contributed by atoms with van der Waals surface area (Å²) in [6, 6.07) is 10.3. The second kappa shape index (κ2) is 18.3. The van der Waals surface area contributed by atoms with Crippen LogP contribution in [0.5, 0.6) is 0 Å². The van der Waals surface area contributed by atoms with Crippen LogP contribution in [-0.2, 0) is 32.7 Å². The minimum Gasteiger partial charge on any atom is -0.472 e. The first-order valence-electron chi connectivity index (χ1n) is 13.5. The van der Waals surface area contributed by atoms with Gasteiger partial charge >= 0.3 is 32.7 Å². The molecule has 0 aliphatic carbocycles. The zero-order valence-corrected chi connectivity index (χ0v) is 35.7. The maximum absolute atomic E-state index is 4.85. The van der Waals surface area contributed by atoms with Gasteiger partial charge in [0.2, 0.25) is 0 Å². The Balaban J connectivity index is -0.000000516. The van der Waals surface area contributed by atoms with Gasteiger partial charge in [0, 0.05) is 8.24 Å². The van der Waals surface area contributed by atoms with Crippen molar-refractivity contribution in [1.29, 1.82) is 0 Å². The summed E-state index contributed by atoms with van der Waals surface area (Å²) in [7, 11) is -0.798. The smallest absolute Gasteiger partial charge is 0.472 e. The van der Waals surface area contributed by atoms with E-state index in [1.54, 1.807) is 0 Å². The molecule has 0 fully saturated rings. The molecule has 0 spiro atoms. The number of likely N-dealkylation sites (N-methyl/N-ethyl adjacent to an activating group) is 1. The standard InChI is InChI=1S/C14H24N3Si.2C7H19Si2.Y/c1-17(2)12-11-15-14(16-18(3,4)5)13-9-7-6-8-10-13;2*1-8(2,3)7-9(4,5)6;/h6-10H,11-12H2,1-5H3;2*7H,1-6H3;/q3*-1;+3. The zero-order valence-electron chi connectivity index (χ0n) is 27.9. The van der Waals surface area contributed by atoms with E-state index in [4.69, 9.17) is 4.66 Å². The molecule has 3 nitrogen and oxygen atoms in total. The van der Waals surface area contributed by atoms with Crippen molar-refractivity contribution in [3.05, 3.63) is 52.5 Å². The van der Waals surface area contributed by atoms with Gasteiger partial charge in [0.1, 0.15) is 0 Å². The van der Waals surface area contributed by atoms with Gasteiger partial charge in [-0.2, -0.15) is 0 Å². The number of nitrogens with zero attached hydrogens (tertiary/aromatic N) is 3. The molecule has 0 aliphatic rings. The molecule has 1 aromatic rings. The van der Waals surface area contributed by atoms with E-state index in [0.717, 1.165) is 24.5 Å². The van der Waals surface area contributed by atoms with Gasteiger partial charge in [-0.05, 0) is 32.7 Å². The van der Waals surface area contributed by atoms with Crippen LogP contribution in [0.1, 0.15) is 5.56 Å². The Labute approximate surface area is 264 Å². The van der Waals surface area contributed by atoms with Gasteiger partial charge in [-0.3, -0.25) is 0 Å². The van der Waals surface area contributed by atoms with Crippen molar-refractivity contribution in [2.24, 2.45) is 4.66 Å². The van der Waals surface area contributed by atoms with Gasteiger partial charge < -0.3 is 26.2 Å². The van der Waals surface area contributed by atoms with E-state index in [9.17, 15) is 0 Å². The monoisotopic (exact) mass is 669 g/mol. The van der Waals surface area contributed by atoms with E-state index < -0.39 is 40.5 Å². The number of rotatable bonds is 9. The minimum absolute atomic E-state index is 0. The molecular formula is C28H62N3Si5Y. The normalized spacial score (nSPS) is 13.1. The summed E-state index contributed by atoms with van der Waals surface area (Å²) in [5.74, 6) is 0.914. The molecule has 37 heavy (non-hydrogen) atoms. The fourth-order valence-corrected chi connectivity index (χ4v) is 25.7. The van der Waals surface area contributed by atoms with Crippen LogP contribution in [0.4, 0.5) is 0 Å². The quantitative estimate of drug-likeness (QED) is 0.112. The fraction of sp³-hybridized carbons (Fsp3) is 0.679. The number of benzene rings is 1. The molecule has 1 aromatic carbocycles. The van der Waals surface area contributed by atoms with Crippen molar-refractivity contribution in [3.8, 4) is 0 Å². The van der Waals surface area contributed by atoms with Gasteiger partial charge in [0.15, 0.2) is 0 Å². The van der Waals surface area contributed by atoms with Crippen molar-refractivity contribution in [3.63, 3.8) is 0 Å². The largest absolute Gasteiger partial charge is 3.00 e. The number of hydrogen-bond donors (Lipinski definition) is 0. The van der Waals surface area contributed by atoms with E-state index >= 15 is 0 Å². The van der Waals surface area contributed by atoms with Crippen LogP contribution in [0.25, 0.3) is 5.32 Å². The Morgan fingerprint density at radius 2 is 1.03 bits per heavy atom.